The van der Waals surface area contributed by atoms with E-state index in [2.05, 4.69) is 0 Å². The van der Waals surface area contributed by atoms with E-state index in [0.717, 1.165) is 4.90 Å². The maximum absolute atomic E-state index is 12.8. The highest BCUT2D eigenvalue weighted by Gasteiger charge is 2.03. The number of hydrogen-bond acceptors (Lipinski definition) is 3. The molecule has 0 aliphatic rings. The Hall–Kier alpha value is -0.870. The van der Waals surface area contributed by atoms with E-state index in [1.54, 1.807) is 12.1 Å². The fourth-order valence-electron chi connectivity index (χ4n) is 0.978. The average molecular weight is 228 g/mol. The highest BCUT2D eigenvalue weighted by molar-refractivity contribution is 8.00. The zero-order valence-corrected chi connectivity index (χ0v) is 9.35. The monoisotopic (exact) mass is 228 g/mol. The zero-order valence-electron chi connectivity index (χ0n) is 8.53. The smallest absolute Gasteiger partial charge is 0.168 e. The molecule has 0 radical (unpaired) electrons. The van der Waals surface area contributed by atoms with Crippen molar-refractivity contribution in [3.8, 4) is 0 Å². The number of carbonyl (C=O) groups is 1. The van der Waals surface area contributed by atoms with Crippen LogP contribution in [0.1, 0.15) is 6.92 Å². The van der Waals surface area contributed by atoms with Crippen LogP contribution in [-0.4, -0.2) is 24.7 Å². The highest BCUT2D eigenvalue weighted by atomic mass is 32.2. The summed E-state index contributed by atoms with van der Waals surface area (Å²) >= 11 is 1.32. The van der Waals surface area contributed by atoms with Gasteiger partial charge in [-0.3, -0.25) is 4.79 Å². The molecule has 82 valence electrons. The van der Waals surface area contributed by atoms with E-state index in [-0.39, 0.29) is 18.2 Å². The van der Waals surface area contributed by atoms with E-state index in [0.29, 0.717) is 12.4 Å². The number of benzene rings is 1. The molecule has 2 nitrogen and oxygen atoms in total. The number of hydrogen-bond donors (Lipinski definition) is 0. The first-order chi connectivity index (χ1) is 7.22. The van der Waals surface area contributed by atoms with Crippen molar-refractivity contribution in [3.05, 3.63) is 30.1 Å². The summed E-state index contributed by atoms with van der Waals surface area (Å²) in [5.41, 5.74) is 0. The van der Waals surface area contributed by atoms with Crippen molar-refractivity contribution in [3.63, 3.8) is 0 Å². The maximum Gasteiger partial charge on any atom is 0.168 e. The standard InChI is InChI=1S/C11H13FO2S/c1-2-14-7-10(13)8-15-11-5-3-4-9(12)6-11/h3-6H,2,7-8H2,1H3. The summed E-state index contributed by atoms with van der Waals surface area (Å²) in [7, 11) is 0. The van der Waals surface area contributed by atoms with Crippen LogP contribution in [0.2, 0.25) is 0 Å². The lowest BCUT2D eigenvalue weighted by atomic mass is 10.4. The third-order valence-electron chi connectivity index (χ3n) is 1.66. The first kappa shape index (κ1) is 12.2. The van der Waals surface area contributed by atoms with Crippen LogP contribution in [0.5, 0.6) is 0 Å². The van der Waals surface area contributed by atoms with Crippen molar-refractivity contribution in [2.45, 2.75) is 11.8 Å². The zero-order chi connectivity index (χ0) is 11.1. The van der Waals surface area contributed by atoms with Gasteiger partial charge in [-0.25, -0.2) is 4.39 Å². The highest BCUT2D eigenvalue weighted by Crippen LogP contribution is 2.18. The minimum atomic E-state index is -0.280. The Balaban J connectivity index is 2.33. The predicted octanol–water partition coefficient (Wildman–Crippen LogP) is 2.52. The maximum atomic E-state index is 12.8. The van der Waals surface area contributed by atoms with Crippen molar-refractivity contribution in [1.29, 1.82) is 0 Å². The molecule has 0 unspecified atom stereocenters. The molecule has 4 heteroatoms. The van der Waals surface area contributed by atoms with Gasteiger partial charge in [0.15, 0.2) is 5.78 Å². The first-order valence-corrected chi connectivity index (χ1v) is 5.68. The molecule has 0 saturated heterocycles. The van der Waals surface area contributed by atoms with Crippen LogP contribution < -0.4 is 0 Å². The molecule has 0 amide bonds. The van der Waals surface area contributed by atoms with Crippen LogP contribution in [0, 0.1) is 5.82 Å². The summed E-state index contributed by atoms with van der Waals surface area (Å²) in [6.45, 7) is 2.52. The van der Waals surface area contributed by atoms with Gasteiger partial charge in [-0.05, 0) is 25.1 Å². The van der Waals surface area contributed by atoms with Gasteiger partial charge >= 0.3 is 0 Å². The topological polar surface area (TPSA) is 26.3 Å². The van der Waals surface area contributed by atoms with E-state index < -0.39 is 0 Å². The molecule has 0 aromatic heterocycles. The van der Waals surface area contributed by atoms with Crippen LogP contribution in [0.25, 0.3) is 0 Å². The molecule has 1 aromatic rings. The Bertz CT molecular complexity index is 328. The number of thioether (sulfide) groups is 1. The van der Waals surface area contributed by atoms with Gasteiger partial charge in [0.25, 0.3) is 0 Å². The van der Waals surface area contributed by atoms with Crippen LogP contribution in [0.4, 0.5) is 4.39 Å². The quantitative estimate of drug-likeness (QED) is 0.700. The second kappa shape index (κ2) is 6.58. The van der Waals surface area contributed by atoms with E-state index in [1.165, 1.54) is 23.9 Å². The molecule has 0 bridgehead atoms. The fourth-order valence-corrected chi connectivity index (χ4v) is 1.76. The third-order valence-corrected chi connectivity index (χ3v) is 2.72. The summed E-state index contributed by atoms with van der Waals surface area (Å²) in [5.74, 6) is 0.0621. The lowest BCUT2D eigenvalue weighted by molar-refractivity contribution is -0.120. The molecule has 0 aliphatic heterocycles. The molecule has 0 N–H and O–H groups in total. The van der Waals surface area contributed by atoms with Crippen LogP contribution in [0.15, 0.2) is 29.2 Å². The van der Waals surface area contributed by atoms with Gasteiger partial charge in [0.2, 0.25) is 0 Å². The number of ketones is 1. The minimum Gasteiger partial charge on any atom is -0.374 e. The molecule has 0 spiro atoms. The molecule has 15 heavy (non-hydrogen) atoms. The van der Waals surface area contributed by atoms with Gasteiger partial charge in [-0.15, -0.1) is 11.8 Å². The van der Waals surface area contributed by atoms with Gasteiger partial charge in [0.1, 0.15) is 12.4 Å². The van der Waals surface area contributed by atoms with Crippen LogP contribution in [0.3, 0.4) is 0 Å². The largest absolute Gasteiger partial charge is 0.374 e. The van der Waals surface area contributed by atoms with Crippen molar-refractivity contribution >= 4 is 17.5 Å². The summed E-state index contributed by atoms with van der Waals surface area (Å²) in [6, 6.07) is 6.21. The summed E-state index contributed by atoms with van der Waals surface area (Å²) in [6.07, 6.45) is 0. The second-order valence-corrected chi connectivity index (χ2v) is 3.97. The SMILES string of the molecule is CCOCC(=O)CSc1cccc(F)c1. The Kier molecular flexibility index (Phi) is 5.36. The molecule has 0 atom stereocenters. The summed E-state index contributed by atoms with van der Waals surface area (Å²) < 4.78 is 17.7. The lowest BCUT2D eigenvalue weighted by Crippen LogP contribution is -2.10. The minimum absolute atomic E-state index is 0.0195. The van der Waals surface area contributed by atoms with E-state index >= 15 is 0 Å². The molecule has 0 heterocycles. The van der Waals surface area contributed by atoms with E-state index in [4.69, 9.17) is 4.74 Å². The molecule has 1 rings (SSSR count). The number of rotatable bonds is 6. The molecule has 0 fully saturated rings. The summed E-state index contributed by atoms with van der Waals surface area (Å²) in [5, 5.41) is 0. The molecule has 0 saturated carbocycles. The second-order valence-electron chi connectivity index (χ2n) is 2.92. The van der Waals surface area contributed by atoms with Crippen molar-refractivity contribution in [2.24, 2.45) is 0 Å². The average Bonchev–Trinajstić information content (AvgIpc) is 2.23. The Labute approximate surface area is 92.8 Å². The Morgan fingerprint density at radius 2 is 2.33 bits per heavy atom. The fraction of sp³-hybridized carbons (Fsp3) is 0.364. The number of ether oxygens (including phenoxy) is 1. The number of Topliss-reactive ketones (excluding diaryl/α,β-unsaturated/α-hetero) is 1. The van der Waals surface area contributed by atoms with Gasteiger partial charge < -0.3 is 4.74 Å². The Morgan fingerprint density at radius 1 is 1.53 bits per heavy atom. The van der Waals surface area contributed by atoms with E-state index in [1.807, 2.05) is 6.92 Å². The lowest BCUT2D eigenvalue weighted by Gasteiger charge is -2.01. The van der Waals surface area contributed by atoms with Gasteiger partial charge in [-0.2, -0.15) is 0 Å². The molecular formula is C11H13FO2S. The number of carbonyl (C=O) groups excluding carboxylic acids is 1. The Morgan fingerprint density at radius 3 is 3.00 bits per heavy atom. The van der Waals surface area contributed by atoms with Crippen molar-refractivity contribution in [2.75, 3.05) is 19.0 Å². The predicted molar refractivity (Wildman–Crippen MR) is 58.6 cm³/mol. The molecule has 1 aromatic carbocycles. The van der Waals surface area contributed by atoms with Crippen molar-refractivity contribution < 1.29 is 13.9 Å². The van der Waals surface area contributed by atoms with Crippen LogP contribution >= 0.6 is 11.8 Å². The van der Waals surface area contributed by atoms with Gasteiger partial charge in [0.05, 0.1) is 5.75 Å². The van der Waals surface area contributed by atoms with E-state index in [9.17, 15) is 9.18 Å². The van der Waals surface area contributed by atoms with Crippen LogP contribution in [-0.2, 0) is 9.53 Å². The summed E-state index contributed by atoms with van der Waals surface area (Å²) in [4.78, 5) is 12.0. The molecule has 0 aliphatic carbocycles. The third kappa shape index (κ3) is 4.95. The van der Waals surface area contributed by atoms with Crippen molar-refractivity contribution in [1.82, 2.24) is 0 Å². The molecular weight excluding hydrogens is 215 g/mol. The van der Waals surface area contributed by atoms with Gasteiger partial charge in [-0.1, -0.05) is 6.07 Å². The normalized spacial score (nSPS) is 10.3. The first-order valence-electron chi connectivity index (χ1n) is 4.70. The number of halogens is 1. The van der Waals surface area contributed by atoms with Gasteiger partial charge in [0, 0.05) is 11.5 Å².